The van der Waals surface area contributed by atoms with Crippen molar-refractivity contribution in [1.29, 1.82) is 0 Å². The van der Waals surface area contributed by atoms with Gasteiger partial charge in [0, 0.05) is 31.5 Å². The summed E-state index contributed by atoms with van der Waals surface area (Å²) in [5.74, 6) is -2.68. The van der Waals surface area contributed by atoms with Crippen LogP contribution in [0.3, 0.4) is 0 Å². The number of benzene rings is 2. The zero-order valence-corrected chi connectivity index (χ0v) is 18.8. The lowest BCUT2D eigenvalue weighted by Gasteiger charge is -2.40. The van der Waals surface area contributed by atoms with E-state index >= 15 is 4.39 Å². The second-order valence-corrected chi connectivity index (χ2v) is 8.55. The summed E-state index contributed by atoms with van der Waals surface area (Å²) >= 11 is 0. The third kappa shape index (κ3) is 4.43. The highest BCUT2D eigenvalue weighted by Crippen LogP contribution is 2.31. The maximum atomic E-state index is 15.0. The van der Waals surface area contributed by atoms with Crippen LogP contribution in [0, 0.1) is 23.4 Å². The molecule has 3 heterocycles. The first-order valence-corrected chi connectivity index (χ1v) is 11.3. The number of halogens is 3. The summed E-state index contributed by atoms with van der Waals surface area (Å²) < 4.78 is 48.9. The first kappa shape index (κ1) is 22.8. The highest BCUT2D eigenvalue weighted by molar-refractivity contribution is 6.00. The van der Waals surface area contributed by atoms with Crippen molar-refractivity contribution in [1.82, 2.24) is 19.9 Å². The van der Waals surface area contributed by atoms with Crippen LogP contribution in [-0.4, -0.2) is 44.9 Å². The number of nitrogens with one attached hydrogen (secondary N) is 1. The Kier molecular flexibility index (Phi) is 6.10. The number of nitrogens with zero attached hydrogens (tertiary/aromatic N) is 4. The number of likely N-dealkylation sites (tertiary alicyclic amines) is 1. The van der Waals surface area contributed by atoms with Crippen LogP contribution in [0.2, 0.25) is 0 Å². The van der Waals surface area contributed by atoms with Crippen LogP contribution >= 0.6 is 0 Å². The van der Waals surface area contributed by atoms with Gasteiger partial charge in [0.05, 0.1) is 17.2 Å². The minimum absolute atomic E-state index is 0.0636. The van der Waals surface area contributed by atoms with Crippen LogP contribution in [-0.2, 0) is 0 Å². The van der Waals surface area contributed by atoms with E-state index in [4.69, 9.17) is 4.42 Å². The normalized spacial score (nSPS) is 18.1. The van der Waals surface area contributed by atoms with Gasteiger partial charge in [-0.3, -0.25) is 4.79 Å². The molecule has 5 rings (SSSR count). The molecule has 2 atom stereocenters. The molecule has 2 aromatic carbocycles. The molecule has 35 heavy (non-hydrogen) atoms. The molecule has 1 saturated heterocycles. The number of hydrogen-bond donors (Lipinski definition) is 1. The molecular weight excluding hydrogens is 459 g/mol. The van der Waals surface area contributed by atoms with E-state index in [-0.39, 0.29) is 35.9 Å². The van der Waals surface area contributed by atoms with E-state index in [1.165, 1.54) is 30.6 Å². The van der Waals surface area contributed by atoms with Gasteiger partial charge in [-0.1, -0.05) is 6.92 Å². The van der Waals surface area contributed by atoms with E-state index in [0.29, 0.717) is 17.6 Å². The number of amides is 1. The molecular formula is C25H22F3N5O2. The number of piperidine rings is 1. The summed E-state index contributed by atoms with van der Waals surface area (Å²) in [7, 11) is 0. The molecule has 180 valence electrons. The fourth-order valence-corrected chi connectivity index (χ4v) is 4.53. The zero-order chi connectivity index (χ0) is 24.5. The number of carbonyl (C=O) groups is 1. The number of anilines is 1. The van der Waals surface area contributed by atoms with E-state index in [1.807, 2.05) is 6.92 Å². The van der Waals surface area contributed by atoms with E-state index in [2.05, 4.69) is 20.3 Å². The summed E-state index contributed by atoms with van der Waals surface area (Å²) in [5, 5.41) is 3.08. The molecule has 0 spiro atoms. The van der Waals surface area contributed by atoms with Gasteiger partial charge < -0.3 is 14.6 Å². The Hall–Kier alpha value is -3.95. The summed E-state index contributed by atoms with van der Waals surface area (Å²) in [6.45, 7) is 2.63. The lowest BCUT2D eigenvalue weighted by molar-refractivity contribution is 0.0535. The second-order valence-electron chi connectivity index (χ2n) is 8.55. The number of oxazole rings is 1. The van der Waals surface area contributed by atoms with Crippen molar-refractivity contribution in [3.05, 3.63) is 71.8 Å². The van der Waals surface area contributed by atoms with Crippen LogP contribution in [0.25, 0.3) is 22.5 Å². The molecule has 1 fully saturated rings. The predicted octanol–water partition coefficient (Wildman–Crippen LogP) is 5.05. The number of aromatic nitrogens is 3. The molecule has 1 N–H and O–H groups in total. The van der Waals surface area contributed by atoms with Crippen molar-refractivity contribution in [3.63, 3.8) is 0 Å². The lowest BCUT2D eigenvalue weighted by atomic mass is 9.89. The van der Waals surface area contributed by atoms with Gasteiger partial charge >= 0.3 is 0 Å². The van der Waals surface area contributed by atoms with Gasteiger partial charge in [0.15, 0.2) is 11.4 Å². The number of carbonyl (C=O) groups excluding carboxylic acids is 1. The van der Waals surface area contributed by atoms with Gasteiger partial charge in [-0.2, -0.15) is 4.98 Å². The SMILES string of the molecule is C[C@@H]1CCCN(C(=O)c2c(F)ccc(F)c2-c2ncccn2)[C@@H]1CNc1nc2cc(F)ccc2o1. The fourth-order valence-electron chi connectivity index (χ4n) is 4.53. The topological polar surface area (TPSA) is 84.2 Å². The van der Waals surface area contributed by atoms with Crippen LogP contribution in [0.5, 0.6) is 0 Å². The molecule has 2 aromatic heterocycles. The second kappa shape index (κ2) is 9.36. The largest absolute Gasteiger partial charge is 0.424 e. The minimum Gasteiger partial charge on any atom is -0.424 e. The first-order chi connectivity index (χ1) is 16.9. The van der Waals surface area contributed by atoms with Gasteiger partial charge in [-0.15, -0.1) is 0 Å². The van der Waals surface area contributed by atoms with E-state index in [9.17, 15) is 13.6 Å². The summed E-state index contributed by atoms with van der Waals surface area (Å²) in [6.07, 6.45) is 4.39. The van der Waals surface area contributed by atoms with Gasteiger partial charge in [0.2, 0.25) is 0 Å². The van der Waals surface area contributed by atoms with E-state index in [1.54, 1.807) is 11.0 Å². The molecule has 0 aliphatic carbocycles. The van der Waals surface area contributed by atoms with Crippen LogP contribution in [0.1, 0.15) is 30.1 Å². The monoisotopic (exact) mass is 481 g/mol. The zero-order valence-electron chi connectivity index (χ0n) is 18.8. The Morgan fingerprint density at radius 1 is 1.14 bits per heavy atom. The molecule has 4 aromatic rings. The Bertz CT molecular complexity index is 1380. The highest BCUT2D eigenvalue weighted by atomic mass is 19.1. The Labute approximate surface area is 199 Å². The maximum absolute atomic E-state index is 15.0. The molecule has 0 unspecified atom stereocenters. The molecule has 1 aliphatic rings. The quantitative estimate of drug-likeness (QED) is 0.429. The van der Waals surface area contributed by atoms with Crippen molar-refractivity contribution in [2.24, 2.45) is 5.92 Å². The van der Waals surface area contributed by atoms with Gasteiger partial charge in [0.25, 0.3) is 11.9 Å². The molecule has 1 aliphatic heterocycles. The van der Waals surface area contributed by atoms with Gasteiger partial charge in [-0.25, -0.2) is 23.1 Å². The third-order valence-electron chi connectivity index (χ3n) is 6.30. The van der Waals surface area contributed by atoms with Gasteiger partial charge in [0.1, 0.15) is 23.0 Å². The average molecular weight is 481 g/mol. The Morgan fingerprint density at radius 2 is 1.91 bits per heavy atom. The average Bonchev–Trinajstić information content (AvgIpc) is 3.26. The number of fused-ring (bicyclic) bond motifs is 1. The Morgan fingerprint density at radius 3 is 2.71 bits per heavy atom. The van der Waals surface area contributed by atoms with Crippen molar-refractivity contribution < 1.29 is 22.4 Å². The number of rotatable bonds is 5. The summed E-state index contributed by atoms with van der Waals surface area (Å²) in [6, 6.07) is 7.32. The van der Waals surface area contributed by atoms with Crippen LogP contribution in [0.4, 0.5) is 19.2 Å². The van der Waals surface area contributed by atoms with Crippen LogP contribution in [0.15, 0.2) is 53.2 Å². The molecule has 10 heteroatoms. The molecule has 1 amide bonds. The molecule has 0 bridgehead atoms. The maximum Gasteiger partial charge on any atom is 0.295 e. The Balaban J connectivity index is 1.45. The van der Waals surface area contributed by atoms with Crippen molar-refractivity contribution in [2.75, 3.05) is 18.4 Å². The van der Waals surface area contributed by atoms with Crippen molar-refractivity contribution in [3.8, 4) is 11.4 Å². The van der Waals surface area contributed by atoms with E-state index in [0.717, 1.165) is 25.0 Å². The van der Waals surface area contributed by atoms with Crippen LogP contribution < -0.4 is 5.32 Å². The standard InChI is InChI=1S/C25H22F3N5O2/c1-14-4-2-11-33(19(14)13-31-25-32-18-12-15(26)5-8-20(18)35-25)24(34)22-17(28)7-6-16(27)21(22)23-29-9-3-10-30-23/h3,5-10,12,14,19H,2,4,11,13H2,1H3,(H,31,32)/t14-,19-/m1/s1. The fraction of sp³-hybridized carbons (Fsp3) is 0.280. The third-order valence-corrected chi connectivity index (χ3v) is 6.30. The number of hydrogen-bond acceptors (Lipinski definition) is 6. The van der Waals surface area contributed by atoms with Crippen molar-refractivity contribution >= 4 is 23.0 Å². The summed E-state index contributed by atoms with van der Waals surface area (Å²) in [4.78, 5) is 27.5. The van der Waals surface area contributed by atoms with E-state index < -0.39 is 28.9 Å². The molecule has 0 radical (unpaired) electrons. The lowest BCUT2D eigenvalue weighted by Crippen LogP contribution is -2.51. The van der Waals surface area contributed by atoms with Gasteiger partial charge in [-0.05, 0) is 49.1 Å². The minimum atomic E-state index is -0.843. The smallest absolute Gasteiger partial charge is 0.295 e. The first-order valence-electron chi connectivity index (χ1n) is 11.3. The van der Waals surface area contributed by atoms with Crippen molar-refractivity contribution in [2.45, 2.75) is 25.8 Å². The predicted molar refractivity (Wildman–Crippen MR) is 123 cm³/mol. The molecule has 7 nitrogen and oxygen atoms in total. The molecule has 0 saturated carbocycles. The highest BCUT2D eigenvalue weighted by Gasteiger charge is 2.35. The summed E-state index contributed by atoms with van der Waals surface area (Å²) in [5.41, 5.74) is 0.133.